The van der Waals surface area contributed by atoms with E-state index in [1.54, 1.807) is 0 Å². The Bertz CT molecular complexity index is 813. The number of phosphoric acid groups is 1. The first-order valence-corrected chi connectivity index (χ1v) is 19.6. The van der Waals surface area contributed by atoms with E-state index in [2.05, 4.69) is 18.4 Å². The Morgan fingerprint density at radius 1 is 0.587 bits per heavy atom. The first-order valence-electron chi connectivity index (χ1n) is 18.1. The van der Waals surface area contributed by atoms with Crippen LogP contribution in [0.2, 0.25) is 0 Å². The van der Waals surface area contributed by atoms with Crippen molar-refractivity contribution in [1.29, 1.82) is 0 Å². The number of esters is 2. The Labute approximate surface area is 278 Å². The highest BCUT2D eigenvalue weighted by Gasteiger charge is 2.28. The summed E-state index contributed by atoms with van der Waals surface area (Å²) in [4.78, 5) is 45.5. The molecule has 0 aliphatic carbocycles. The van der Waals surface area contributed by atoms with Crippen LogP contribution in [0.4, 0.5) is 0 Å². The Balaban J connectivity index is 4.33. The molecular weight excluding hydrogens is 613 g/mol. The van der Waals surface area contributed by atoms with Crippen LogP contribution in [0.15, 0.2) is 0 Å². The second-order valence-corrected chi connectivity index (χ2v) is 13.8. The van der Waals surface area contributed by atoms with E-state index in [1.807, 2.05) is 0 Å². The van der Waals surface area contributed by atoms with E-state index in [9.17, 15) is 23.8 Å². The van der Waals surface area contributed by atoms with Gasteiger partial charge >= 0.3 is 25.7 Å². The molecule has 0 aromatic heterocycles. The van der Waals surface area contributed by atoms with Crippen molar-refractivity contribution in [3.05, 3.63) is 0 Å². The lowest BCUT2D eigenvalue weighted by molar-refractivity contribution is -0.161. The zero-order valence-corrected chi connectivity index (χ0v) is 29.8. The Morgan fingerprint density at radius 3 is 1.37 bits per heavy atom. The van der Waals surface area contributed by atoms with E-state index in [1.165, 1.54) is 83.5 Å². The molecule has 0 aromatic carbocycles. The predicted molar refractivity (Wildman–Crippen MR) is 180 cm³/mol. The highest BCUT2D eigenvalue weighted by Crippen LogP contribution is 2.43. The van der Waals surface area contributed by atoms with Crippen molar-refractivity contribution >= 4 is 25.7 Å². The lowest BCUT2D eigenvalue weighted by Gasteiger charge is -2.20. The first kappa shape index (κ1) is 44.5. The van der Waals surface area contributed by atoms with Crippen LogP contribution in [0, 0.1) is 0 Å². The largest absolute Gasteiger partial charge is 0.480 e. The molecule has 272 valence electrons. The van der Waals surface area contributed by atoms with E-state index in [-0.39, 0.29) is 19.4 Å². The molecule has 0 aliphatic heterocycles. The molecule has 12 heteroatoms. The van der Waals surface area contributed by atoms with E-state index >= 15 is 0 Å². The van der Waals surface area contributed by atoms with Crippen LogP contribution < -0.4 is 5.73 Å². The molecule has 3 atom stereocenters. The number of hydrogen-bond donors (Lipinski definition) is 3. The molecule has 0 aromatic rings. The zero-order valence-electron chi connectivity index (χ0n) is 28.9. The third kappa shape index (κ3) is 29.9. The highest BCUT2D eigenvalue weighted by molar-refractivity contribution is 7.47. The molecule has 46 heavy (non-hydrogen) atoms. The molecular formula is C34H66NO10P. The number of carboxylic acids is 1. The molecule has 11 nitrogen and oxygen atoms in total. The van der Waals surface area contributed by atoms with Gasteiger partial charge < -0.3 is 25.2 Å². The van der Waals surface area contributed by atoms with Crippen molar-refractivity contribution in [2.75, 3.05) is 19.8 Å². The van der Waals surface area contributed by atoms with Crippen molar-refractivity contribution in [3.8, 4) is 0 Å². The Morgan fingerprint density at radius 2 is 0.957 bits per heavy atom. The molecule has 0 fully saturated rings. The van der Waals surface area contributed by atoms with Crippen molar-refractivity contribution in [1.82, 2.24) is 0 Å². The molecule has 0 bridgehead atoms. The van der Waals surface area contributed by atoms with Crippen molar-refractivity contribution < 1.29 is 47.5 Å². The van der Waals surface area contributed by atoms with E-state index < -0.39 is 51.1 Å². The molecule has 4 N–H and O–H groups in total. The van der Waals surface area contributed by atoms with E-state index in [0.29, 0.717) is 12.8 Å². The quantitative estimate of drug-likeness (QED) is 0.0339. The maximum atomic E-state index is 12.4. The van der Waals surface area contributed by atoms with Crippen LogP contribution in [0.25, 0.3) is 0 Å². The van der Waals surface area contributed by atoms with Gasteiger partial charge in [0, 0.05) is 12.8 Å². The van der Waals surface area contributed by atoms with Crippen LogP contribution in [0.1, 0.15) is 168 Å². The molecule has 0 saturated carbocycles. The van der Waals surface area contributed by atoms with Gasteiger partial charge in [-0.15, -0.1) is 0 Å². The normalized spacial score (nSPS) is 14.0. The standard InChI is InChI=1S/C34H66NO10P/c1-3-5-7-9-11-12-13-14-15-16-17-18-20-21-23-25-32(36)42-27-30(28-43-46(40,41)44-29-31(35)34(38)39)45-33(37)26-24-22-19-10-8-6-4-2/h30-31H,3-29,35H2,1-2H3,(H,38,39)(H,40,41)/t30-,31+/m0/s1. The molecule has 0 spiro atoms. The average Bonchev–Trinajstić information content (AvgIpc) is 3.02. The molecule has 0 saturated heterocycles. The summed E-state index contributed by atoms with van der Waals surface area (Å²) in [5.74, 6) is -2.38. The van der Waals surface area contributed by atoms with Crippen molar-refractivity contribution in [3.63, 3.8) is 0 Å². The third-order valence-electron chi connectivity index (χ3n) is 7.86. The molecule has 0 heterocycles. The average molecular weight is 680 g/mol. The van der Waals surface area contributed by atoms with Crippen molar-refractivity contribution in [2.45, 2.75) is 180 Å². The topological polar surface area (TPSA) is 172 Å². The van der Waals surface area contributed by atoms with Crippen LogP contribution >= 0.6 is 7.82 Å². The number of rotatable bonds is 34. The first-order chi connectivity index (χ1) is 22.1. The highest BCUT2D eigenvalue weighted by atomic mass is 31.2. The Kier molecular flexibility index (Phi) is 29.8. The SMILES string of the molecule is CCCCCCCCCCCCCCCCCC(=O)OC[C@@H](COP(=O)(O)OC[C@@H](N)C(=O)O)OC(=O)CCCCCCCCC. The van der Waals surface area contributed by atoms with Crippen LogP contribution in [0.5, 0.6) is 0 Å². The number of hydrogen-bond acceptors (Lipinski definition) is 9. The Hall–Kier alpha value is -1.52. The number of nitrogens with two attached hydrogens (primary N) is 1. The summed E-state index contributed by atoms with van der Waals surface area (Å²) >= 11 is 0. The fraction of sp³-hybridized carbons (Fsp3) is 0.912. The summed E-state index contributed by atoms with van der Waals surface area (Å²) in [7, 11) is -4.69. The van der Waals surface area contributed by atoms with Gasteiger partial charge in [-0.2, -0.15) is 0 Å². The minimum atomic E-state index is -4.69. The maximum absolute atomic E-state index is 12.4. The summed E-state index contributed by atoms with van der Waals surface area (Å²) in [6.07, 6.45) is 24.9. The number of phosphoric ester groups is 1. The van der Waals surface area contributed by atoms with Gasteiger partial charge in [-0.3, -0.25) is 23.4 Å². The second kappa shape index (κ2) is 30.8. The summed E-state index contributed by atoms with van der Waals surface area (Å²) in [6, 6.07) is -1.51. The third-order valence-corrected chi connectivity index (χ3v) is 8.81. The lowest BCUT2D eigenvalue weighted by Crippen LogP contribution is -2.34. The van der Waals surface area contributed by atoms with Gasteiger partial charge in [0.1, 0.15) is 12.6 Å². The van der Waals surface area contributed by atoms with Gasteiger partial charge in [0.25, 0.3) is 0 Å². The second-order valence-electron chi connectivity index (χ2n) is 12.4. The number of carbonyl (C=O) groups excluding carboxylic acids is 2. The van der Waals surface area contributed by atoms with Gasteiger partial charge in [-0.25, -0.2) is 4.57 Å². The molecule has 0 aliphatic rings. The number of aliphatic carboxylic acids is 1. The van der Waals surface area contributed by atoms with Gasteiger partial charge in [0.2, 0.25) is 0 Å². The summed E-state index contributed by atoms with van der Waals surface area (Å²) in [6.45, 7) is 2.73. The number of unbranched alkanes of at least 4 members (excludes halogenated alkanes) is 20. The van der Waals surface area contributed by atoms with Gasteiger partial charge in [-0.05, 0) is 12.8 Å². The minimum absolute atomic E-state index is 0.165. The number of carboxylic acid groups (broad SMARTS) is 1. The molecule has 1 unspecified atom stereocenters. The minimum Gasteiger partial charge on any atom is -0.480 e. The van der Waals surface area contributed by atoms with Crippen LogP contribution in [0.3, 0.4) is 0 Å². The van der Waals surface area contributed by atoms with Gasteiger partial charge in [0.05, 0.1) is 13.2 Å². The predicted octanol–water partition coefficient (Wildman–Crippen LogP) is 8.39. The summed E-state index contributed by atoms with van der Waals surface area (Å²) in [5.41, 5.74) is 5.29. The van der Waals surface area contributed by atoms with Crippen LogP contribution in [-0.4, -0.2) is 59.9 Å². The monoisotopic (exact) mass is 679 g/mol. The summed E-state index contributed by atoms with van der Waals surface area (Å²) < 4.78 is 32.4. The van der Waals surface area contributed by atoms with E-state index in [4.69, 9.17) is 24.8 Å². The number of carbonyl (C=O) groups is 3. The fourth-order valence-corrected chi connectivity index (χ4v) is 5.72. The molecule has 0 amide bonds. The molecule has 0 rings (SSSR count). The maximum Gasteiger partial charge on any atom is 0.472 e. The molecule has 0 radical (unpaired) electrons. The zero-order chi connectivity index (χ0) is 34.3. The lowest BCUT2D eigenvalue weighted by atomic mass is 10.0. The van der Waals surface area contributed by atoms with E-state index in [0.717, 1.165) is 44.9 Å². The van der Waals surface area contributed by atoms with Gasteiger partial charge in [-0.1, -0.05) is 142 Å². The smallest absolute Gasteiger partial charge is 0.472 e. The summed E-state index contributed by atoms with van der Waals surface area (Å²) in [5, 5.41) is 8.82. The number of ether oxygens (including phenoxy) is 2. The van der Waals surface area contributed by atoms with Crippen molar-refractivity contribution in [2.24, 2.45) is 5.73 Å². The van der Waals surface area contributed by atoms with Crippen LogP contribution in [-0.2, 0) is 37.5 Å². The fourth-order valence-electron chi connectivity index (χ4n) is 4.95. The van der Waals surface area contributed by atoms with Gasteiger partial charge in [0.15, 0.2) is 6.10 Å².